The van der Waals surface area contributed by atoms with Crippen molar-refractivity contribution < 1.29 is 41.3 Å². The standard InChI is InChI=1S/C13H17O2.U/c1-8(2)5-6-11-7-12(14)10(4)13(15)9(11)3;/h4-6,12-15H,3,7H2,1-2H3;/q-1;/b11-6-;/t12-,13-;/m1./s1. The first-order valence-corrected chi connectivity index (χ1v) is 4.95. The van der Waals surface area contributed by atoms with Crippen molar-refractivity contribution in [3.63, 3.8) is 0 Å². The second-order valence-corrected chi connectivity index (χ2v) is 4.08. The molecule has 0 amide bonds. The Morgan fingerprint density at radius 1 is 1.44 bits per heavy atom. The summed E-state index contributed by atoms with van der Waals surface area (Å²) in [5, 5.41) is 19.2. The average molecular weight is 443 g/mol. The van der Waals surface area contributed by atoms with Gasteiger partial charge in [0.1, 0.15) is 0 Å². The van der Waals surface area contributed by atoms with Crippen molar-refractivity contribution in [3.8, 4) is 0 Å². The molecule has 2 atom stereocenters. The van der Waals surface area contributed by atoms with E-state index >= 15 is 0 Å². The van der Waals surface area contributed by atoms with Crippen LogP contribution in [0.1, 0.15) is 20.3 Å². The van der Waals surface area contributed by atoms with Crippen LogP contribution in [-0.2, 0) is 0 Å². The van der Waals surface area contributed by atoms with Crippen molar-refractivity contribution in [2.45, 2.75) is 32.5 Å². The number of aliphatic hydroxyl groups is 2. The molecule has 16 heavy (non-hydrogen) atoms. The van der Waals surface area contributed by atoms with Crippen LogP contribution in [0.3, 0.4) is 0 Å². The fourth-order valence-electron chi connectivity index (χ4n) is 1.46. The topological polar surface area (TPSA) is 40.5 Å². The molecule has 1 saturated carbocycles. The van der Waals surface area contributed by atoms with Crippen LogP contribution in [0.15, 0.2) is 41.0 Å². The molecule has 0 aromatic carbocycles. The van der Waals surface area contributed by atoms with Crippen LogP contribution in [0.4, 0.5) is 0 Å². The van der Waals surface area contributed by atoms with Crippen molar-refractivity contribution in [1.82, 2.24) is 0 Å². The SMILES string of the molecule is [CH-]=C1[C@H](O)C(=C)/C(=C\C=C(C)C)C[C@H]1O.[U]. The molecule has 0 aromatic heterocycles. The van der Waals surface area contributed by atoms with Crippen LogP contribution in [0.25, 0.3) is 0 Å². The number of hydrogen-bond donors (Lipinski definition) is 2. The van der Waals surface area contributed by atoms with Gasteiger partial charge in [0, 0.05) is 37.2 Å². The maximum atomic E-state index is 9.67. The van der Waals surface area contributed by atoms with Gasteiger partial charge in [0.05, 0.1) is 6.10 Å². The molecular weight excluding hydrogens is 426 g/mol. The Hall–Kier alpha value is -0.0681. The fourth-order valence-corrected chi connectivity index (χ4v) is 1.46. The first-order chi connectivity index (χ1) is 6.93. The van der Waals surface area contributed by atoms with Crippen LogP contribution in [-0.4, -0.2) is 22.4 Å². The van der Waals surface area contributed by atoms with Gasteiger partial charge in [0.25, 0.3) is 0 Å². The van der Waals surface area contributed by atoms with Gasteiger partial charge in [-0.3, -0.25) is 0 Å². The molecule has 0 aromatic rings. The third-order valence-electron chi connectivity index (χ3n) is 2.47. The van der Waals surface area contributed by atoms with Gasteiger partial charge in [-0.2, -0.15) is 5.57 Å². The summed E-state index contributed by atoms with van der Waals surface area (Å²) >= 11 is 0. The quantitative estimate of drug-likeness (QED) is 0.609. The van der Waals surface area contributed by atoms with E-state index in [9.17, 15) is 10.2 Å². The van der Waals surface area contributed by atoms with Crippen LogP contribution < -0.4 is 0 Å². The fraction of sp³-hybridized carbons (Fsp3) is 0.385. The number of aliphatic hydroxyl groups excluding tert-OH is 2. The first kappa shape index (κ1) is 15.9. The largest absolute Gasteiger partial charge is 0.509 e. The summed E-state index contributed by atoms with van der Waals surface area (Å²) < 4.78 is 0. The van der Waals surface area contributed by atoms with Gasteiger partial charge in [-0.05, 0) is 31.4 Å². The summed E-state index contributed by atoms with van der Waals surface area (Å²) in [6.07, 6.45) is 2.52. The van der Waals surface area contributed by atoms with Gasteiger partial charge in [-0.15, -0.1) is 0 Å². The van der Waals surface area contributed by atoms with E-state index in [2.05, 4.69) is 6.58 Å². The maximum absolute atomic E-state index is 9.67. The second kappa shape index (κ2) is 6.61. The Labute approximate surface area is 121 Å². The van der Waals surface area contributed by atoms with Gasteiger partial charge in [0.15, 0.2) is 0 Å². The normalized spacial score (nSPS) is 27.6. The molecule has 2 nitrogen and oxygen atoms in total. The van der Waals surface area contributed by atoms with E-state index in [1.54, 1.807) is 0 Å². The number of rotatable bonds is 1. The number of allylic oxidation sites excluding steroid dienone is 3. The Bertz CT molecular complexity index is 349. The van der Waals surface area contributed by atoms with E-state index in [4.69, 9.17) is 6.58 Å². The Morgan fingerprint density at radius 2 is 2.00 bits per heavy atom. The predicted octanol–water partition coefficient (Wildman–Crippen LogP) is 1.92. The van der Waals surface area contributed by atoms with E-state index in [-0.39, 0.29) is 36.7 Å². The minimum Gasteiger partial charge on any atom is -0.509 e. The van der Waals surface area contributed by atoms with E-state index in [0.29, 0.717) is 12.0 Å². The molecule has 0 aliphatic heterocycles. The van der Waals surface area contributed by atoms with E-state index in [1.165, 1.54) is 0 Å². The molecule has 1 aliphatic carbocycles. The molecule has 1 fully saturated rings. The zero-order valence-electron chi connectivity index (χ0n) is 9.70. The Morgan fingerprint density at radius 3 is 2.50 bits per heavy atom. The minimum atomic E-state index is -0.925. The predicted molar refractivity (Wildman–Crippen MR) is 61.1 cm³/mol. The molecule has 0 bridgehead atoms. The maximum Gasteiger partial charge on any atom is 0.0703 e. The van der Waals surface area contributed by atoms with Crippen molar-refractivity contribution in [3.05, 3.63) is 47.6 Å². The zero-order chi connectivity index (χ0) is 11.6. The van der Waals surface area contributed by atoms with Gasteiger partial charge in [-0.1, -0.05) is 24.3 Å². The monoisotopic (exact) mass is 443 g/mol. The first-order valence-electron chi connectivity index (χ1n) is 4.95. The third-order valence-corrected chi connectivity index (χ3v) is 2.47. The molecular formula is C13H17O2U-. The van der Waals surface area contributed by atoms with Crippen molar-refractivity contribution in [2.75, 3.05) is 0 Å². The molecule has 1 rings (SSSR count). The summed E-state index contributed by atoms with van der Waals surface area (Å²) in [6.45, 7) is 13.3. The van der Waals surface area contributed by atoms with Gasteiger partial charge in [0.2, 0.25) is 0 Å². The molecule has 0 heterocycles. The van der Waals surface area contributed by atoms with Crippen LogP contribution >= 0.6 is 0 Å². The van der Waals surface area contributed by atoms with Crippen LogP contribution in [0.2, 0.25) is 0 Å². The number of hydrogen-bond acceptors (Lipinski definition) is 2. The van der Waals surface area contributed by atoms with Crippen LogP contribution in [0.5, 0.6) is 0 Å². The Balaban J connectivity index is 0.00000225. The second-order valence-electron chi connectivity index (χ2n) is 4.08. The van der Waals surface area contributed by atoms with Crippen molar-refractivity contribution in [1.29, 1.82) is 0 Å². The third kappa shape index (κ3) is 3.75. The van der Waals surface area contributed by atoms with Gasteiger partial charge >= 0.3 is 0 Å². The molecule has 2 N–H and O–H groups in total. The summed E-state index contributed by atoms with van der Waals surface area (Å²) in [4.78, 5) is 0. The zero-order valence-corrected chi connectivity index (χ0v) is 13.9. The average Bonchev–Trinajstić information content (AvgIpc) is 2.18. The smallest absolute Gasteiger partial charge is 0.0703 e. The molecule has 0 saturated heterocycles. The van der Waals surface area contributed by atoms with Gasteiger partial charge < -0.3 is 16.8 Å². The molecule has 1 aliphatic rings. The summed E-state index contributed by atoms with van der Waals surface area (Å²) in [7, 11) is 0. The van der Waals surface area contributed by atoms with E-state index in [0.717, 1.165) is 11.1 Å². The van der Waals surface area contributed by atoms with Crippen LogP contribution in [0, 0.1) is 37.7 Å². The van der Waals surface area contributed by atoms with E-state index < -0.39 is 12.2 Å². The minimum absolute atomic E-state index is 0. The van der Waals surface area contributed by atoms with Crippen molar-refractivity contribution >= 4 is 0 Å². The Kier molecular flexibility index (Phi) is 6.59. The molecule has 0 unspecified atom stereocenters. The summed E-state index contributed by atoms with van der Waals surface area (Å²) in [5.41, 5.74) is 2.77. The molecule has 3 heteroatoms. The molecule has 0 radical (unpaired) electrons. The van der Waals surface area contributed by atoms with Gasteiger partial charge in [-0.25, -0.2) is 0 Å². The molecule has 0 spiro atoms. The molecule has 86 valence electrons. The summed E-state index contributed by atoms with van der Waals surface area (Å²) in [5.74, 6) is 0. The summed E-state index contributed by atoms with van der Waals surface area (Å²) in [6, 6.07) is 0. The van der Waals surface area contributed by atoms with Crippen molar-refractivity contribution in [2.24, 2.45) is 0 Å². The van der Waals surface area contributed by atoms with E-state index in [1.807, 2.05) is 26.0 Å².